The van der Waals surface area contributed by atoms with Gasteiger partial charge >= 0.3 is 5.63 Å². The number of rotatable bonds is 0. The molecule has 3 aromatic heterocycles. The summed E-state index contributed by atoms with van der Waals surface area (Å²) in [4.78, 5) is 19.8. The third-order valence-corrected chi connectivity index (χ3v) is 4.15. The topological polar surface area (TPSA) is 58.9 Å². The van der Waals surface area contributed by atoms with E-state index in [2.05, 4.69) is 9.97 Å². The number of nitrogens with one attached hydrogen (secondary N) is 1. The molecule has 0 spiro atoms. The molecule has 0 amide bonds. The summed E-state index contributed by atoms with van der Waals surface area (Å²) in [6.45, 7) is 0. The largest absolute Gasteiger partial charge is 0.420 e. The van der Waals surface area contributed by atoms with Crippen LogP contribution in [-0.2, 0) is 0 Å². The molecule has 0 aliphatic heterocycles. The van der Waals surface area contributed by atoms with Crippen LogP contribution in [0.3, 0.4) is 0 Å². The molecule has 5 rings (SSSR count). The second kappa shape index (κ2) is 3.95. The van der Waals surface area contributed by atoms with Crippen molar-refractivity contribution in [1.82, 2.24) is 9.97 Å². The van der Waals surface area contributed by atoms with Gasteiger partial charge < -0.3 is 9.40 Å². The van der Waals surface area contributed by atoms with Gasteiger partial charge in [-0.3, -0.25) is 4.98 Å². The van der Waals surface area contributed by atoms with Crippen molar-refractivity contribution in [3.63, 3.8) is 0 Å². The summed E-state index contributed by atoms with van der Waals surface area (Å²) in [6.07, 6.45) is 3.59. The Kier molecular flexibility index (Phi) is 2.07. The van der Waals surface area contributed by atoms with Crippen molar-refractivity contribution in [2.75, 3.05) is 0 Å². The van der Waals surface area contributed by atoms with E-state index in [0.717, 1.165) is 32.6 Å². The maximum absolute atomic E-state index is 12.2. The zero-order chi connectivity index (χ0) is 14.7. The Labute approximate surface area is 124 Å². The second-order valence-electron chi connectivity index (χ2n) is 5.35. The van der Waals surface area contributed by atoms with E-state index in [-0.39, 0.29) is 5.63 Å². The standard InChI is InChI=1S/C18H10N2O2/c21-18-13-4-2-1-3-12(13)16-17(22-18)14-6-5-10-9-19-8-7-11(10)15(14)20-16/h1-9,20H. The molecule has 0 saturated carbocycles. The molecule has 1 N–H and O–H groups in total. The van der Waals surface area contributed by atoms with Gasteiger partial charge in [0.2, 0.25) is 0 Å². The molecule has 0 radical (unpaired) electrons. The lowest BCUT2D eigenvalue weighted by molar-refractivity contribution is 0.573. The number of fused-ring (bicyclic) bond motifs is 7. The van der Waals surface area contributed by atoms with Crippen LogP contribution < -0.4 is 5.63 Å². The Hall–Kier alpha value is -3.14. The van der Waals surface area contributed by atoms with Crippen LogP contribution in [0.25, 0.3) is 43.5 Å². The van der Waals surface area contributed by atoms with Crippen LogP contribution in [-0.4, -0.2) is 9.97 Å². The van der Waals surface area contributed by atoms with E-state index in [4.69, 9.17) is 4.42 Å². The number of benzene rings is 2. The van der Waals surface area contributed by atoms with Gasteiger partial charge in [-0.1, -0.05) is 24.3 Å². The quantitative estimate of drug-likeness (QED) is 0.468. The maximum Gasteiger partial charge on any atom is 0.344 e. The Bertz CT molecular complexity index is 1250. The van der Waals surface area contributed by atoms with Gasteiger partial charge in [0.15, 0.2) is 5.58 Å². The van der Waals surface area contributed by atoms with Gasteiger partial charge in [0, 0.05) is 33.9 Å². The average molecular weight is 286 g/mol. The van der Waals surface area contributed by atoms with Gasteiger partial charge in [-0.05, 0) is 18.2 Å². The molecule has 0 unspecified atom stereocenters. The molecule has 0 aliphatic rings. The number of aromatic amines is 1. The first-order valence-corrected chi connectivity index (χ1v) is 7.03. The highest BCUT2D eigenvalue weighted by Crippen LogP contribution is 2.33. The van der Waals surface area contributed by atoms with Crippen LogP contribution in [0.15, 0.2) is 64.1 Å². The van der Waals surface area contributed by atoms with E-state index in [1.54, 1.807) is 12.3 Å². The summed E-state index contributed by atoms with van der Waals surface area (Å²) in [5, 5.41) is 4.50. The van der Waals surface area contributed by atoms with Crippen molar-refractivity contribution in [3.05, 3.63) is 65.3 Å². The van der Waals surface area contributed by atoms with Gasteiger partial charge in [0.05, 0.1) is 16.4 Å². The number of hydrogen-bond donors (Lipinski definition) is 1. The smallest absolute Gasteiger partial charge is 0.344 e. The Morgan fingerprint density at radius 3 is 2.64 bits per heavy atom. The highest BCUT2D eigenvalue weighted by molar-refractivity contribution is 6.19. The first kappa shape index (κ1) is 11.5. The molecule has 4 heteroatoms. The van der Waals surface area contributed by atoms with Crippen molar-refractivity contribution in [3.8, 4) is 0 Å². The van der Waals surface area contributed by atoms with E-state index >= 15 is 0 Å². The predicted molar refractivity (Wildman–Crippen MR) is 87.1 cm³/mol. The van der Waals surface area contributed by atoms with Crippen LogP contribution in [0.4, 0.5) is 0 Å². The van der Waals surface area contributed by atoms with Crippen LogP contribution in [0.5, 0.6) is 0 Å². The van der Waals surface area contributed by atoms with Gasteiger partial charge in [-0.2, -0.15) is 0 Å². The summed E-state index contributed by atoms with van der Waals surface area (Å²) < 4.78 is 5.57. The number of H-pyrrole nitrogens is 1. The molecule has 104 valence electrons. The number of hydrogen-bond acceptors (Lipinski definition) is 3. The van der Waals surface area contributed by atoms with E-state index in [9.17, 15) is 4.79 Å². The van der Waals surface area contributed by atoms with Crippen molar-refractivity contribution >= 4 is 43.5 Å². The Balaban J connectivity index is 2.13. The monoisotopic (exact) mass is 286 g/mol. The fourth-order valence-electron chi connectivity index (χ4n) is 3.13. The molecular formula is C18H10N2O2. The molecule has 3 heterocycles. The van der Waals surface area contributed by atoms with Gasteiger partial charge in [-0.25, -0.2) is 4.79 Å². The molecule has 0 saturated heterocycles. The van der Waals surface area contributed by atoms with Crippen LogP contribution in [0, 0.1) is 0 Å². The van der Waals surface area contributed by atoms with Gasteiger partial charge in [-0.15, -0.1) is 0 Å². The van der Waals surface area contributed by atoms with Crippen molar-refractivity contribution in [1.29, 1.82) is 0 Å². The molecule has 0 atom stereocenters. The van der Waals surface area contributed by atoms with Crippen LogP contribution >= 0.6 is 0 Å². The lowest BCUT2D eigenvalue weighted by Crippen LogP contribution is -1.98. The molecule has 4 nitrogen and oxygen atoms in total. The van der Waals surface area contributed by atoms with Crippen molar-refractivity contribution in [2.45, 2.75) is 0 Å². The zero-order valence-electron chi connectivity index (χ0n) is 11.5. The third-order valence-electron chi connectivity index (χ3n) is 4.15. The fourth-order valence-corrected chi connectivity index (χ4v) is 3.13. The normalized spacial score (nSPS) is 11.8. The Morgan fingerprint density at radius 1 is 0.864 bits per heavy atom. The molecule has 0 fully saturated rings. The second-order valence-corrected chi connectivity index (χ2v) is 5.35. The van der Waals surface area contributed by atoms with Gasteiger partial charge in [0.1, 0.15) is 0 Å². The lowest BCUT2D eigenvalue weighted by atomic mass is 10.1. The highest BCUT2D eigenvalue weighted by atomic mass is 16.4. The van der Waals surface area contributed by atoms with E-state index < -0.39 is 0 Å². The van der Waals surface area contributed by atoms with Crippen molar-refractivity contribution < 1.29 is 4.42 Å². The summed E-state index contributed by atoms with van der Waals surface area (Å²) >= 11 is 0. The molecule has 5 aromatic rings. The minimum Gasteiger partial charge on any atom is -0.420 e. The summed E-state index contributed by atoms with van der Waals surface area (Å²) in [5.74, 6) is 0. The minimum absolute atomic E-state index is 0.307. The summed E-state index contributed by atoms with van der Waals surface area (Å²) in [7, 11) is 0. The molecule has 2 aromatic carbocycles. The Morgan fingerprint density at radius 2 is 1.73 bits per heavy atom. The fraction of sp³-hybridized carbons (Fsp3) is 0. The van der Waals surface area contributed by atoms with E-state index in [0.29, 0.717) is 11.0 Å². The number of aromatic nitrogens is 2. The van der Waals surface area contributed by atoms with Crippen LogP contribution in [0.1, 0.15) is 0 Å². The molecule has 0 bridgehead atoms. The van der Waals surface area contributed by atoms with E-state index in [1.165, 1.54) is 0 Å². The highest BCUT2D eigenvalue weighted by Gasteiger charge is 2.14. The average Bonchev–Trinajstić information content (AvgIpc) is 2.94. The molecule has 0 aliphatic carbocycles. The third kappa shape index (κ3) is 1.36. The maximum atomic E-state index is 12.2. The van der Waals surface area contributed by atoms with E-state index in [1.807, 2.05) is 42.6 Å². The molecule has 22 heavy (non-hydrogen) atoms. The number of nitrogens with zero attached hydrogens (tertiary/aromatic N) is 1. The predicted octanol–water partition coefficient (Wildman–Crippen LogP) is 3.98. The number of pyridine rings is 1. The van der Waals surface area contributed by atoms with Crippen molar-refractivity contribution in [2.24, 2.45) is 0 Å². The first-order valence-electron chi connectivity index (χ1n) is 7.03. The minimum atomic E-state index is -0.307. The summed E-state index contributed by atoms with van der Waals surface area (Å²) in [5.41, 5.74) is 2.13. The molecular weight excluding hydrogens is 276 g/mol. The zero-order valence-corrected chi connectivity index (χ0v) is 11.5. The summed E-state index contributed by atoms with van der Waals surface area (Å²) in [6, 6.07) is 13.4. The SMILES string of the molecule is O=c1oc2c3ccc4cnccc4c3[nH]c2c2ccccc12. The van der Waals surface area contributed by atoms with Gasteiger partial charge in [0.25, 0.3) is 0 Å². The first-order chi connectivity index (χ1) is 10.8. The lowest BCUT2D eigenvalue weighted by Gasteiger charge is -1.97. The van der Waals surface area contributed by atoms with Crippen LogP contribution in [0.2, 0.25) is 0 Å².